The molecule has 0 amide bonds. The number of rotatable bonds is 3. The summed E-state index contributed by atoms with van der Waals surface area (Å²) >= 11 is 3.47. The van der Waals surface area contributed by atoms with Crippen LogP contribution in [0.5, 0.6) is 5.75 Å². The lowest BCUT2D eigenvalue weighted by atomic mass is 10.0. The van der Waals surface area contributed by atoms with Crippen LogP contribution in [-0.4, -0.2) is 30.0 Å². The fraction of sp³-hybridized carbons (Fsp3) is 0.125. The van der Waals surface area contributed by atoms with Gasteiger partial charge in [-0.15, -0.1) is 0 Å². The summed E-state index contributed by atoms with van der Waals surface area (Å²) in [6, 6.07) is 7.99. The smallest absolute Gasteiger partial charge is 0.294 e. The van der Waals surface area contributed by atoms with E-state index in [2.05, 4.69) is 25.9 Å². The van der Waals surface area contributed by atoms with Gasteiger partial charge in [-0.2, -0.15) is 8.42 Å². The highest BCUT2D eigenvalue weighted by Crippen LogP contribution is 2.36. The van der Waals surface area contributed by atoms with Crippen molar-refractivity contribution < 1.29 is 17.7 Å². The fourth-order valence-corrected chi connectivity index (χ4v) is 3.25. The number of aryl methyl sites for hydroxylation is 1. The third-order valence-corrected chi connectivity index (χ3v) is 5.35. The summed E-state index contributed by atoms with van der Waals surface area (Å²) in [5.41, 5.74) is 2.81. The molecule has 8 heteroatoms. The van der Waals surface area contributed by atoms with Crippen LogP contribution in [0.15, 0.2) is 46.0 Å². The third-order valence-electron chi connectivity index (χ3n) is 3.64. The monoisotopic (exact) mass is 408 g/mol. The van der Waals surface area contributed by atoms with Crippen molar-refractivity contribution in [2.75, 3.05) is 7.11 Å². The van der Waals surface area contributed by atoms with E-state index in [1.54, 1.807) is 13.2 Å². The molecule has 0 aliphatic carbocycles. The topological polar surface area (TPSA) is 89.4 Å². The molecule has 1 N–H and O–H groups in total. The molecule has 0 spiro atoms. The van der Waals surface area contributed by atoms with Crippen molar-refractivity contribution in [1.29, 1.82) is 0 Å². The molecule has 1 heterocycles. The highest BCUT2D eigenvalue weighted by atomic mass is 79.9. The molecule has 24 heavy (non-hydrogen) atoms. The van der Waals surface area contributed by atoms with E-state index in [9.17, 15) is 13.0 Å². The summed E-state index contributed by atoms with van der Waals surface area (Å²) in [6.45, 7) is 1.95. The Morgan fingerprint density at radius 1 is 1.17 bits per heavy atom. The summed E-state index contributed by atoms with van der Waals surface area (Å²) in [5.74, 6) is 0.631. The third kappa shape index (κ3) is 3.00. The highest BCUT2D eigenvalue weighted by molar-refractivity contribution is 9.10. The average Bonchev–Trinajstić information content (AvgIpc) is 2.55. The van der Waals surface area contributed by atoms with Crippen molar-refractivity contribution >= 4 is 37.0 Å². The first kappa shape index (κ1) is 16.8. The Morgan fingerprint density at radius 3 is 2.58 bits per heavy atom. The molecule has 0 bridgehead atoms. The second-order valence-corrected chi connectivity index (χ2v) is 7.45. The van der Waals surface area contributed by atoms with Crippen molar-refractivity contribution in [3.8, 4) is 17.0 Å². The molecule has 3 aromatic rings. The molecule has 3 rings (SSSR count). The SMILES string of the molecule is COc1cc(Br)c(C)cc1-c1ncnc2cc(S(=O)(=O)O)ccc12. The summed E-state index contributed by atoms with van der Waals surface area (Å²) in [4.78, 5) is 8.22. The maximum atomic E-state index is 11.3. The van der Waals surface area contributed by atoms with E-state index in [4.69, 9.17) is 4.74 Å². The van der Waals surface area contributed by atoms with Gasteiger partial charge in [0.1, 0.15) is 12.1 Å². The quantitative estimate of drug-likeness (QED) is 0.665. The van der Waals surface area contributed by atoms with Gasteiger partial charge >= 0.3 is 0 Å². The molecule has 2 aromatic carbocycles. The number of hydrogen-bond donors (Lipinski definition) is 1. The first-order valence-corrected chi connectivity index (χ1v) is 9.11. The molecule has 0 saturated heterocycles. The molecule has 0 unspecified atom stereocenters. The first-order chi connectivity index (χ1) is 11.3. The Balaban J connectivity index is 2.30. The number of methoxy groups -OCH3 is 1. The Labute approximate surface area is 147 Å². The number of nitrogens with zero attached hydrogens (tertiary/aromatic N) is 2. The average molecular weight is 409 g/mol. The molecular formula is C16H13BrN2O4S. The van der Waals surface area contributed by atoms with Gasteiger partial charge in [0.15, 0.2) is 0 Å². The first-order valence-electron chi connectivity index (χ1n) is 6.88. The standard InChI is InChI=1S/C16H13BrN2O4S/c1-9-5-12(15(23-2)7-13(9)17)16-11-4-3-10(24(20,21)22)6-14(11)18-8-19-16/h3-8H,1-2H3,(H,20,21,22). The van der Waals surface area contributed by atoms with Crippen molar-refractivity contribution in [2.24, 2.45) is 0 Å². The predicted octanol–water partition coefficient (Wildman–Crippen LogP) is 3.62. The van der Waals surface area contributed by atoms with Gasteiger partial charge in [0.25, 0.3) is 10.1 Å². The minimum Gasteiger partial charge on any atom is -0.496 e. The fourth-order valence-electron chi connectivity index (χ4n) is 2.43. The van der Waals surface area contributed by atoms with Crippen LogP contribution in [0.4, 0.5) is 0 Å². The van der Waals surface area contributed by atoms with E-state index in [0.717, 1.165) is 15.6 Å². The number of halogens is 1. The van der Waals surface area contributed by atoms with E-state index < -0.39 is 10.1 Å². The molecule has 0 aliphatic heterocycles. The largest absolute Gasteiger partial charge is 0.496 e. The lowest BCUT2D eigenvalue weighted by Gasteiger charge is -2.12. The van der Waals surface area contributed by atoms with Crippen molar-refractivity contribution in [2.45, 2.75) is 11.8 Å². The van der Waals surface area contributed by atoms with E-state index in [1.807, 2.05) is 19.1 Å². The molecule has 6 nitrogen and oxygen atoms in total. The van der Waals surface area contributed by atoms with Crippen molar-refractivity contribution in [3.63, 3.8) is 0 Å². The van der Waals surface area contributed by atoms with Crippen LogP contribution in [0.2, 0.25) is 0 Å². The summed E-state index contributed by atoms with van der Waals surface area (Å²) in [6.07, 6.45) is 1.35. The number of benzene rings is 2. The van der Waals surface area contributed by atoms with Crippen LogP contribution < -0.4 is 4.74 Å². The maximum absolute atomic E-state index is 11.3. The zero-order valence-corrected chi connectivity index (χ0v) is 15.2. The van der Waals surface area contributed by atoms with Gasteiger partial charge in [0.2, 0.25) is 0 Å². The normalized spacial score (nSPS) is 11.7. The van der Waals surface area contributed by atoms with Gasteiger partial charge < -0.3 is 4.74 Å². The predicted molar refractivity (Wildman–Crippen MR) is 93.8 cm³/mol. The van der Waals surface area contributed by atoms with Crippen molar-refractivity contribution in [3.05, 3.63) is 46.7 Å². The van der Waals surface area contributed by atoms with E-state index >= 15 is 0 Å². The molecule has 0 fully saturated rings. The zero-order chi connectivity index (χ0) is 17.5. The van der Waals surface area contributed by atoms with Crippen molar-refractivity contribution in [1.82, 2.24) is 9.97 Å². The molecular weight excluding hydrogens is 396 g/mol. The molecule has 0 aliphatic rings. The van der Waals surface area contributed by atoms with Gasteiger partial charge in [-0.3, -0.25) is 4.55 Å². The Kier molecular flexibility index (Phi) is 4.29. The summed E-state index contributed by atoms with van der Waals surface area (Å²) in [5, 5.41) is 0.657. The van der Waals surface area contributed by atoms with Crippen LogP contribution in [0.1, 0.15) is 5.56 Å². The maximum Gasteiger partial charge on any atom is 0.294 e. The lowest BCUT2D eigenvalue weighted by Crippen LogP contribution is -1.99. The van der Waals surface area contributed by atoms with Gasteiger partial charge in [-0.05, 0) is 42.8 Å². The molecule has 0 saturated carbocycles. The van der Waals surface area contributed by atoms with Crippen LogP contribution in [0.3, 0.4) is 0 Å². The Morgan fingerprint density at radius 2 is 1.92 bits per heavy atom. The molecule has 0 radical (unpaired) electrons. The number of aromatic nitrogens is 2. The van der Waals surface area contributed by atoms with Crippen LogP contribution >= 0.6 is 15.9 Å². The van der Waals surface area contributed by atoms with Gasteiger partial charge in [-0.25, -0.2) is 9.97 Å². The number of hydrogen-bond acceptors (Lipinski definition) is 5. The Bertz CT molecular complexity index is 1050. The van der Waals surface area contributed by atoms with Crippen LogP contribution in [-0.2, 0) is 10.1 Å². The van der Waals surface area contributed by atoms with Gasteiger partial charge in [0.05, 0.1) is 23.2 Å². The molecule has 1 aromatic heterocycles. The number of ether oxygens (including phenoxy) is 1. The summed E-state index contributed by atoms with van der Waals surface area (Å²) < 4.78 is 38.1. The van der Waals surface area contributed by atoms with E-state index in [1.165, 1.54) is 18.5 Å². The highest BCUT2D eigenvalue weighted by Gasteiger charge is 2.16. The van der Waals surface area contributed by atoms with E-state index in [0.29, 0.717) is 22.3 Å². The Hall–Kier alpha value is -2.03. The minimum absolute atomic E-state index is 0.210. The molecule has 0 atom stereocenters. The van der Waals surface area contributed by atoms with Gasteiger partial charge in [0, 0.05) is 15.4 Å². The molecule has 124 valence electrons. The summed E-state index contributed by atoms with van der Waals surface area (Å²) in [7, 11) is -2.72. The minimum atomic E-state index is -4.29. The number of fused-ring (bicyclic) bond motifs is 1. The second-order valence-electron chi connectivity index (χ2n) is 5.18. The van der Waals surface area contributed by atoms with Crippen LogP contribution in [0, 0.1) is 6.92 Å². The zero-order valence-electron chi connectivity index (χ0n) is 12.8. The lowest BCUT2D eigenvalue weighted by molar-refractivity contribution is 0.416. The second kappa shape index (κ2) is 6.12. The van der Waals surface area contributed by atoms with Crippen LogP contribution in [0.25, 0.3) is 22.2 Å². The van der Waals surface area contributed by atoms with E-state index in [-0.39, 0.29) is 4.90 Å². The van der Waals surface area contributed by atoms with Gasteiger partial charge in [-0.1, -0.05) is 15.9 Å².